The highest BCUT2D eigenvalue weighted by Gasteiger charge is 2.13. The Labute approximate surface area is 218 Å². The van der Waals surface area contributed by atoms with Crippen LogP contribution in [0.2, 0.25) is 0 Å². The number of rotatable bonds is 12. The normalized spacial score (nSPS) is 10.6. The molecule has 0 aliphatic heterocycles. The number of carbonyl (C=O) groups is 2. The molecule has 0 aliphatic carbocycles. The first kappa shape index (κ1) is 26.7. The Kier molecular flexibility index (Phi) is 10.3. The SMILES string of the molecule is CCCCOc1ccc(OCC(=O)N/N=C\c2ccc(OC(=O)c3cccc(Br)c3)c(OC)c2)cc1. The number of hydrazone groups is 1. The van der Waals surface area contributed by atoms with E-state index >= 15 is 0 Å². The predicted molar refractivity (Wildman–Crippen MR) is 140 cm³/mol. The molecule has 9 heteroatoms. The molecule has 1 amide bonds. The number of benzene rings is 3. The molecule has 8 nitrogen and oxygen atoms in total. The van der Waals surface area contributed by atoms with E-state index in [0.717, 1.165) is 23.1 Å². The van der Waals surface area contributed by atoms with Crippen LogP contribution in [-0.2, 0) is 4.79 Å². The van der Waals surface area contributed by atoms with E-state index in [0.29, 0.717) is 29.2 Å². The van der Waals surface area contributed by atoms with Crippen molar-refractivity contribution in [2.24, 2.45) is 5.10 Å². The number of nitrogens with zero attached hydrogens (tertiary/aromatic N) is 1. The third-order valence-electron chi connectivity index (χ3n) is 4.81. The summed E-state index contributed by atoms with van der Waals surface area (Å²) in [5.41, 5.74) is 3.44. The third-order valence-corrected chi connectivity index (χ3v) is 5.31. The topological polar surface area (TPSA) is 95.5 Å². The van der Waals surface area contributed by atoms with Crippen molar-refractivity contribution in [3.05, 3.63) is 82.3 Å². The van der Waals surface area contributed by atoms with Crippen molar-refractivity contribution in [3.8, 4) is 23.0 Å². The monoisotopic (exact) mass is 554 g/mol. The number of unbranched alkanes of at least 4 members (excludes halogenated alkanes) is 1. The van der Waals surface area contributed by atoms with Gasteiger partial charge in [0.05, 0.1) is 25.5 Å². The van der Waals surface area contributed by atoms with Gasteiger partial charge in [0.15, 0.2) is 18.1 Å². The van der Waals surface area contributed by atoms with Crippen molar-refractivity contribution < 1.29 is 28.5 Å². The van der Waals surface area contributed by atoms with Crippen molar-refractivity contribution in [3.63, 3.8) is 0 Å². The molecular formula is C27H27BrN2O6. The number of amides is 1. The number of esters is 1. The maximum Gasteiger partial charge on any atom is 0.343 e. The van der Waals surface area contributed by atoms with Crippen LogP contribution in [0.3, 0.4) is 0 Å². The number of methoxy groups -OCH3 is 1. The minimum atomic E-state index is -0.512. The van der Waals surface area contributed by atoms with E-state index in [-0.39, 0.29) is 12.4 Å². The fraction of sp³-hybridized carbons (Fsp3) is 0.222. The second-order valence-corrected chi connectivity index (χ2v) is 8.48. The molecule has 0 radical (unpaired) electrons. The zero-order valence-electron chi connectivity index (χ0n) is 20.0. The molecule has 0 heterocycles. The Hall–Kier alpha value is -3.85. The molecule has 0 bridgehead atoms. The highest BCUT2D eigenvalue weighted by Crippen LogP contribution is 2.28. The first-order valence-corrected chi connectivity index (χ1v) is 12.1. The van der Waals surface area contributed by atoms with Gasteiger partial charge in [-0.15, -0.1) is 0 Å². The highest BCUT2D eigenvalue weighted by atomic mass is 79.9. The molecule has 0 saturated carbocycles. The summed E-state index contributed by atoms with van der Waals surface area (Å²) in [5.74, 6) is 0.991. The summed E-state index contributed by atoms with van der Waals surface area (Å²) in [6.07, 6.45) is 3.51. The molecule has 3 rings (SSSR count). The van der Waals surface area contributed by atoms with Crippen LogP contribution in [0.15, 0.2) is 76.3 Å². The third kappa shape index (κ3) is 8.42. The summed E-state index contributed by atoms with van der Waals surface area (Å²) >= 11 is 3.33. The Morgan fingerprint density at radius 1 is 0.972 bits per heavy atom. The van der Waals surface area contributed by atoms with Gasteiger partial charge in [0.2, 0.25) is 0 Å². The van der Waals surface area contributed by atoms with Crippen LogP contribution in [-0.4, -0.2) is 38.4 Å². The Morgan fingerprint density at radius 2 is 1.72 bits per heavy atom. The number of halogens is 1. The fourth-order valence-corrected chi connectivity index (χ4v) is 3.35. The second kappa shape index (κ2) is 13.9. The van der Waals surface area contributed by atoms with Gasteiger partial charge in [-0.3, -0.25) is 4.79 Å². The number of hydrogen-bond donors (Lipinski definition) is 1. The standard InChI is InChI=1S/C27H27BrN2O6/c1-3-4-14-34-22-9-11-23(12-10-22)35-18-26(31)30-29-17-19-8-13-24(25(15-19)33-2)36-27(32)20-6-5-7-21(28)16-20/h5-13,15-17H,3-4,14,18H2,1-2H3,(H,30,31)/b29-17-. The van der Waals surface area contributed by atoms with Gasteiger partial charge in [0.1, 0.15) is 11.5 Å². The van der Waals surface area contributed by atoms with Crippen LogP contribution in [0.25, 0.3) is 0 Å². The average molecular weight is 555 g/mol. The number of nitrogens with one attached hydrogen (secondary N) is 1. The van der Waals surface area contributed by atoms with E-state index in [4.69, 9.17) is 18.9 Å². The molecule has 0 atom stereocenters. The van der Waals surface area contributed by atoms with E-state index in [1.165, 1.54) is 13.3 Å². The molecule has 188 valence electrons. The molecule has 3 aromatic rings. The zero-order chi connectivity index (χ0) is 25.8. The van der Waals surface area contributed by atoms with E-state index < -0.39 is 11.9 Å². The Morgan fingerprint density at radius 3 is 2.42 bits per heavy atom. The minimum absolute atomic E-state index is 0.193. The van der Waals surface area contributed by atoms with Gasteiger partial charge in [0, 0.05) is 4.47 Å². The van der Waals surface area contributed by atoms with Gasteiger partial charge >= 0.3 is 5.97 Å². The molecule has 0 unspecified atom stereocenters. The molecule has 3 aromatic carbocycles. The van der Waals surface area contributed by atoms with Gasteiger partial charge in [-0.1, -0.05) is 35.3 Å². The average Bonchev–Trinajstić information content (AvgIpc) is 2.89. The largest absolute Gasteiger partial charge is 0.494 e. The highest BCUT2D eigenvalue weighted by molar-refractivity contribution is 9.10. The molecule has 0 fully saturated rings. The van der Waals surface area contributed by atoms with Crippen LogP contribution in [0.4, 0.5) is 0 Å². The second-order valence-electron chi connectivity index (χ2n) is 7.57. The van der Waals surface area contributed by atoms with Gasteiger partial charge in [0.25, 0.3) is 5.91 Å². The lowest BCUT2D eigenvalue weighted by Crippen LogP contribution is -2.24. The molecule has 36 heavy (non-hydrogen) atoms. The van der Waals surface area contributed by atoms with Crippen molar-refractivity contribution >= 4 is 34.0 Å². The van der Waals surface area contributed by atoms with Crippen LogP contribution in [0.5, 0.6) is 23.0 Å². The van der Waals surface area contributed by atoms with Gasteiger partial charge in [-0.2, -0.15) is 5.10 Å². The van der Waals surface area contributed by atoms with E-state index in [1.54, 1.807) is 60.7 Å². The first-order valence-electron chi connectivity index (χ1n) is 11.3. The van der Waals surface area contributed by atoms with Gasteiger partial charge in [-0.25, -0.2) is 10.2 Å². The van der Waals surface area contributed by atoms with Crippen molar-refractivity contribution in [1.82, 2.24) is 5.43 Å². The first-order chi connectivity index (χ1) is 17.5. The quantitative estimate of drug-likeness (QED) is 0.106. The number of hydrogen-bond acceptors (Lipinski definition) is 7. The zero-order valence-corrected chi connectivity index (χ0v) is 21.6. The molecule has 0 saturated heterocycles. The maximum absolute atomic E-state index is 12.4. The summed E-state index contributed by atoms with van der Waals surface area (Å²) in [6, 6.07) is 18.9. The van der Waals surface area contributed by atoms with Gasteiger partial charge in [-0.05, 0) is 72.6 Å². The smallest absolute Gasteiger partial charge is 0.343 e. The Bertz CT molecular complexity index is 1200. The maximum atomic E-state index is 12.4. The predicted octanol–water partition coefficient (Wildman–Crippen LogP) is 5.38. The molecule has 0 aromatic heterocycles. The molecule has 0 spiro atoms. The van der Waals surface area contributed by atoms with Crippen LogP contribution < -0.4 is 24.4 Å². The minimum Gasteiger partial charge on any atom is -0.494 e. The van der Waals surface area contributed by atoms with E-state index in [9.17, 15) is 9.59 Å². The molecular weight excluding hydrogens is 528 g/mol. The lowest BCUT2D eigenvalue weighted by Gasteiger charge is -2.10. The summed E-state index contributed by atoms with van der Waals surface area (Å²) in [7, 11) is 1.47. The van der Waals surface area contributed by atoms with Crippen molar-refractivity contribution in [2.45, 2.75) is 19.8 Å². The van der Waals surface area contributed by atoms with E-state index in [1.807, 2.05) is 6.07 Å². The van der Waals surface area contributed by atoms with Crippen LogP contribution in [0.1, 0.15) is 35.7 Å². The van der Waals surface area contributed by atoms with Crippen molar-refractivity contribution in [2.75, 3.05) is 20.3 Å². The Balaban J connectivity index is 1.49. The molecule has 0 aliphatic rings. The fourth-order valence-electron chi connectivity index (χ4n) is 2.95. The van der Waals surface area contributed by atoms with Gasteiger partial charge < -0.3 is 18.9 Å². The van der Waals surface area contributed by atoms with Crippen LogP contribution in [0, 0.1) is 0 Å². The lowest BCUT2D eigenvalue weighted by molar-refractivity contribution is -0.123. The summed E-state index contributed by atoms with van der Waals surface area (Å²) < 4.78 is 22.6. The number of ether oxygens (including phenoxy) is 4. The summed E-state index contributed by atoms with van der Waals surface area (Å²) in [4.78, 5) is 24.5. The number of carbonyl (C=O) groups excluding carboxylic acids is 2. The lowest BCUT2D eigenvalue weighted by atomic mass is 10.2. The van der Waals surface area contributed by atoms with Crippen LogP contribution >= 0.6 is 15.9 Å². The van der Waals surface area contributed by atoms with E-state index in [2.05, 4.69) is 33.4 Å². The molecule has 1 N–H and O–H groups in total. The summed E-state index contributed by atoms with van der Waals surface area (Å²) in [6.45, 7) is 2.58. The summed E-state index contributed by atoms with van der Waals surface area (Å²) in [5, 5.41) is 3.94. The van der Waals surface area contributed by atoms with Crippen molar-refractivity contribution in [1.29, 1.82) is 0 Å².